The molecule has 2 aromatic rings. The van der Waals surface area contributed by atoms with Gasteiger partial charge in [-0.25, -0.2) is 0 Å². The standard InChI is InChI=1S/C13H17N5O2/c1-17-6-2-4-9(17)8-18-7-3-5-10(18)13-15-12(11(14)19)16-20-13/h2,4,6,10H,3,5,7-8H2,1H3,(H2,14,19)/t10-/m1/s1. The van der Waals surface area contributed by atoms with Gasteiger partial charge in [-0.1, -0.05) is 5.16 Å². The van der Waals surface area contributed by atoms with Gasteiger partial charge < -0.3 is 14.8 Å². The van der Waals surface area contributed by atoms with Crippen molar-refractivity contribution in [3.8, 4) is 0 Å². The molecule has 1 fully saturated rings. The molecule has 20 heavy (non-hydrogen) atoms. The molecular weight excluding hydrogens is 258 g/mol. The van der Waals surface area contributed by atoms with Crippen molar-refractivity contribution in [3.63, 3.8) is 0 Å². The minimum atomic E-state index is -0.660. The molecule has 7 nitrogen and oxygen atoms in total. The summed E-state index contributed by atoms with van der Waals surface area (Å²) in [6.45, 7) is 1.80. The monoisotopic (exact) mass is 275 g/mol. The van der Waals surface area contributed by atoms with Gasteiger partial charge in [0.1, 0.15) is 0 Å². The first-order chi connectivity index (χ1) is 9.65. The first kappa shape index (κ1) is 12.9. The highest BCUT2D eigenvalue weighted by atomic mass is 16.5. The lowest BCUT2D eigenvalue weighted by atomic mass is 10.2. The Kier molecular flexibility index (Phi) is 3.27. The summed E-state index contributed by atoms with van der Waals surface area (Å²) in [6, 6.07) is 4.18. The predicted octanol–water partition coefficient (Wildman–Crippen LogP) is 0.844. The number of amides is 1. The fraction of sp³-hybridized carbons (Fsp3) is 0.462. The molecule has 1 amide bonds. The fourth-order valence-electron chi connectivity index (χ4n) is 2.63. The van der Waals surface area contributed by atoms with Gasteiger partial charge in [0, 0.05) is 25.5 Å². The van der Waals surface area contributed by atoms with Crippen LogP contribution < -0.4 is 5.73 Å². The highest BCUT2D eigenvalue weighted by molar-refractivity contribution is 5.88. The Hall–Kier alpha value is -2.15. The molecular formula is C13H17N5O2. The molecule has 0 unspecified atom stereocenters. The first-order valence-corrected chi connectivity index (χ1v) is 6.63. The van der Waals surface area contributed by atoms with Gasteiger partial charge in [-0.3, -0.25) is 9.69 Å². The zero-order valence-corrected chi connectivity index (χ0v) is 11.3. The summed E-state index contributed by atoms with van der Waals surface area (Å²) in [6.07, 6.45) is 4.05. The molecule has 1 saturated heterocycles. The van der Waals surface area contributed by atoms with E-state index in [0.29, 0.717) is 5.89 Å². The highest BCUT2D eigenvalue weighted by Gasteiger charge is 2.31. The molecule has 1 aliphatic heterocycles. The van der Waals surface area contributed by atoms with E-state index < -0.39 is 5.91 Å². The number of aryl methyl sites for hydroxylation is 1. The Bertz CT molecular complexity index is 618. The van der Waals surface area contributed by atoms with Gasteiger partial charge in [-0.15, -0.1) is 0 Å². The van der Waals surface area contributed by atoms with Gasteiger partial charge in [0.05, 0.1) is 6.04 Å². The van der Waals surface area contributed by atoms with E-state index in [1.165, 1.54) is 5.69 Å². The summed E-state index contributed by atoms with van der Waals surface area (Å²) in [5, 5.41) is 3.62. The third kappa shape index (κ3) is 2.32. The lowest BCUT2D eigenvalue weighted by Crippen LogP contribution is -2.24. The number of likely N-dealkylation sites (tertiary alicyclic amines) is 1. The third-order valence-corrected chi connectivity index (χ3v) is 3.73. The number of hydrogen-bond donors (Lipinski definition) is 1. The second kappa shape index (κ2) is 5.09. The van der Waals surface area contributed by atoms with Gasteiger partial charge in [0.25, 0.3) is 11.7 Å². The minimum absolute atomic E-state index is 0.0503. The Labute approximate surface area is 116 Å². The molecule has 1 aliphatic rings. The van der Waals surface area contributed by atoms with Crippen LogP contribution in [0.3, 0.4) is 0 Å². The van der Waals surface area contributed by atoms with E-state index in [1.807, 2.05) is 19.3 Å². The summed E-state index contributed by atoms with van der Waals surface area (Å²) in [4.78, 5) is 17.4. The van der Waals surface area contributed by atoms with Crippen molar-refractivity contribution in [2.75, 3.05) is 6.54 Å². The van der Waals surface area contributed by atoms with Gasteiger partial charge >= 0.3 is 0 Å². The van der Waals surface area contributed by atoms with Gasteiger partial charge in [-0.2, -0.15) is 4.98 Å². The number of carbonyl (C=O) groups is 1. The second-order valence-corrected chi connectivity index (χ2v) is 5.06. The third-order valence-electron chi connectivity index (χ3n) is 3.73. The first-order valence-electron chi connectivity index (χ1n) is 6.63. The van der Waals surface area contributed by atoms with E-state index in [2.05, 4.69) is 25.7 Å². The van der Waals surface area contributed by atoms with Crippen molar-refractivity contribution in [3.05, 3.63) is 35.7 Å². The van der Waals surface area contributed by atoms with Crippen LogP contribution in [0.25, 0.3) is 0 Å². The van der Waals surface area contributed by atoms with Gasteiger partial charge in [0.2, 0.25) is 5.89 Å². The maximum absolute atomic E-state index is 11.0. The Morgan fingerprint density at radius 2 is 2.45 bits per heavy atom. The molecule has 0 spiro atoms. The quantitative estimate of drug-likeness (QED) is 0.893. The van der Waals surface area contributed by atoms with Crippen LogP contribution in [0, 0.1) is 0 Å². The van der Waals surface area contributed by atoms with Crippen molar-refractivity contribution in [1.82, 2.24) is 19.6 Å². The molecule has 3 heterocycles. The van der Waals surface area contributed by atoms with Crippen molar-refractivity contribution in [2.24, 2.45) is 12.8 Å². The topological polar surface area (TPSA) is 90.2 Å². The number of hydrogen-bond acceptors (Lipinski definition) is 5. The molecule has 0 radical (unpaired) electrons. The van der Waals surface area contributed by atoms with Crippen molar-refractivity contribution < 1.29 is 9.32 Å². The molecule has 1 atom stereocenters. The summed E-state index contributed by atoms with van der Waals surface area (Å²) in [7, 11) is 2.03. The zero-order chi connectivity index (χ0) is 14.1. The molecule has 0 aliphatic carbocycles. The highest BCUT2D eigenvalue weighted by Crippen LogP contribution is 2.32. The lowest BCUT2D eigenvalue weighted by Gasteiger charge is -2.21. The number of rotatable bonds is 4. The van der Waals surface area contributed by atoms with E-state index in [-0.39, 0.29) is 11.9 Å². The van der Waals surface area contributed by atoms with Crippen molar-refractivity contribution >= 4 is 5.91 Å². The number of nitrogens with zero attached hydrogens (tertiary/aromatic N) is 4. The normalized spacial score (nSPS) is 19.6. The fourth-order valence-corrected chi connectivity index (χ4v) is 2.63. The summed E-state index contributed by atoms with van der Waals surface area (Å²) in [5.74, 6) is -0.233. The van der Waals surface area contributed by atoms with Crippen LogP contribution in [0.2, 0.25) is 0 Å². The summed E-state index contributed by atoms with van der Waals surface area (Å²) >= 11 is 0. The van der Waals surface area contributed by atoms with Crippen LogP contribution in [0.5, 0.6) is 0 Å². The van der Waals surface area contributed by atoms with E-state index in [4.69, 9.17) is 10.3 Å². The Morgan fingerprint density at radius 3 is 3.10 bits per heavy atom. The number of aromatic nitrogens is 3. The van der Waals surface area contributed by atoms with E-state index in [1.54, 1.807) is 0 Å². The average molecular weight is 275 g/mol. The molecule has 2 N–H and O–H groups in total. The van der Waals surface area contributed by atoms with Crippen molar-refractivity contribution in [1.29, 1.82) is 0 Å². The molecule has 2 aromatic heterocycles. The predicted molar refractivity (Wildman–Crippen MR) is 70.6 cm³/mol. The van der Waals surface area contributed by atoms with Crippen LogP contribution in [0.15, 0.2) is 22.9 Å². The number of nitrogens with two attached hydrogens (primary N) is 1. The molecule has 0 saturated carbocycles. The zero-order valence-electron chi connectivity index (χ0n) is 11.3. The molecule has 106 valence electrons. The second-order valence-electron chi connectivity index (χ2n) is 5.06. The SMILES string of the molecule is Cn1cccc1CN1CCC[C@@H]1c1nc(C(N)=O)no1. The van der Waals surface area contributed by atoms with Crippen LogP contribution in [-0.2, 0) is 13.6 Å². The van der Waals surface area contributed by atoms with E-state index >= 15 is 0 Å². The van der Waals surface area contributed by atoms with Crippen LogP contribution >= 0.6 is 0 Å². The van der Waals surface area contributed by atoms with E-state index in [0.717, 1.165) is 25.9 Å². The van der Waals surface area contributed by atoms with Gasteiger partial charge in [0.15, 0.2) is 0 Å². The van der Waals surface area contributed by atoms with Crippen molar-refractivity contribution in [2.45, 2.75) is 25.4 Å². The molecule has 3 rings (SSSR count). The minimum Gasteiger partial charge on any atom is -0.363 e. The summed E-state index contributed by atoms with van der Waals surface area (Å²) in [5.41, 5.74) is 6.38. The van der Waals surface area contributed by atoms with E-state index in [9.17, 15) is 4.79 Å². The van der Waals surface area contributed by atoms with Crippen LogP contribution in [0.1, 0.15) is 41.1 Å². The maximum atomic E-state index is 11.0. The molecule has 0 bridgehead atoms. The number of primary amides is 1. The van der Waals surface area contributed by atoms with Crippen LogP contribution in [-0.4, -0.2) is 32.1 Å². The average Bonchev–Trinajstić information content (AvgIpc) is 3.11. The molecule has 7 heteroatoms. The Morgan fingerprint density at radius 1 is 1.60 bits per heavy atom. The Balaban J connectivity index is 1.78. The smallest absolute Gasteiger partial charge is 0.290 e. The lowest BCUT2D eigenvalue weighted by molar-refractivity contribution is 0.0987. The van der Waals surface area contributed by atoms with Gasteiger partial charge in [-0.05, 0) is 31.5 Å². The number of carbonyl (C=O) groups excluding carboxylic acids is 1. The van der Waals surface area contributed by atoms with Crippen LogP contribution in [0.4, 0.5) is 0 Å². The largest absolute Gasteiger partial charge is 0.363 e. The maximum Gasteiger partial charge on any atom is 0.290 e. The summed E-state index contributed by atoms with van der Waals surface area (Å²) < 4.78 is 7.27. The molecule has 0 aromatic carbocycles.